The second-order valence-corrected chi connectivity index (χ2v) is 7.88. The number of piperazine rings is 1. The number of amides is 3. The molecule has 0 radical (unpaired) electrons. The summed E-state index contributed by atoms with van der Waals surface area (Å²) in [6, 6.07) is 16.0. The predicted octanol–water partition coefficient (Wildman–Crippen LogP) is 3.28. The molecule has 6 heteroatoms. The van der Waals surface area contributed by atoms with E-state index in [-0.39, 0.29) is 17.7 Å². The summed E-state index contributed by atoms with van der Waals surface area (Å²) in [5.41, 5.74) is 1.76. The molecule has 2 aliphatic heterocycles. The Hall–Kier alpha value is -3.15. The lowest BCUT2D eigenvalue weighted by molar-refractivity contribution is 0.0633. The smallest absolute Gasteiger partial charge is 0.320 e. The number of hydrogen-bond acceptors (Lipinski definition) is 3. The van der Waals surface area contributed by atoms with Gasteiger partial charge >= 0.3 is 6.03 Å². The van der Waals surface area contributed by atoms with Crippen LogP contribution in [0.5, 0.6) is 0 Å². The van der Waals surface area contributed by atoms with Crippen molar-refractivity contribution in [1.29, 1.82) is 0 Å². The van der Waals surface area contributed by atoms with Gasteiger partial charge in [0.05, 0.1) is 0 Å². The van der Waals surface area contributed by atoms with E-state index in [2.05, 4.69) is 0 Å². The van der Waals surface area contributed by atoms with E-state index in [0.717, 1.165) is 25.9 Å². The van der Waals surface area contributed by atoms with Crippen LogP contribution in [0.4, 0.5) is 4.79 Å². The zero-order valence-corrected chi connectivity index (χ0v) is 17.1. The molecule has 3 amide bonds. The predicted molar refractivity (Wildman–Crippen MR) is 115 cm³/mol. The van der Waals surface area contributed by atoms with Crippen molar-refractivity contribution in [2.75, 3.05) is 39.3 Å². The van der Waals surface area contributed by atoms with E-state index in [1.54, 1.807) is 41.3 Å². The molecule has 0 unspecified atom stereocenters. The molecule has 0 saturated carbocycles. The summed E-state index contributed by atoms with van der Waals surface area (Å²) < 4.78 is 0. The summed E-state index contributed by atoms with van der Waals surface area (Å²) in [6.07, 6.45) is 3.35. The Bertz CT molecular complexity index is 897. The van der Waals surface area contributed by atoms with Gasteiger partial charge < -0.3 is 14.7 Å². The van der Waals surface area contributed by atoms with Crippen LogP contribution in [0.15, 0.2) is 54.6 Å². The number of benzene rings is 2. The number of carbonyl (C=O) groups excluding carboxylic acids is 3. The lowest BCUT2D eigenvalue weighted by Crippen LogP contribution is -2.54. The third-order valence-corrected chi connectivity index (χ3v) is 5.89. The first kappa shape index (κ1) is 20.1. The Morgan fingerprint density at radius 1 is 0.533 bits per heavy atom. The molecule has 0 spiro atoms. The quantitative estimate of drug-likeness (QED) is 0.737. The second-order valence-electron chi connectivity index (χ2n) is 7.88. The summed E-state index contributed by atoms with van der Waals surface area (Å²) in [4.78, 5) is 43.6. The molecule has 0 aliphatic carbocycles. The van der Waals surface area contributed by atoms with E-state index < -0.39 is 0 Å². The Morgan fingerprint density at radius 2 is 1.03 bits per heavy atom. The molecule has 0 atom stereocenters. The average Bonchev–Trinajstić information content (AvgIpc) is 2.84. The fourth-order valence-corrected chi connectivity index (χ4v) is 4.09. The highest BCUT2D eigenvalue weighted by atomic mass is 16.2. The molecule has 2 aromatic carbocycles. The lowest BCUT2D eigenvalue weighted by Gasteiger charge is -2.38. The molecular weight excluding hydrogens is 378 g/mol. The summed E-state index contributed by atoms with van der Waals surface area (Å²) >= 11 is 0. The molecule has 2 saturated heterocycles. The van der Waals surface area contributed by atoms with Gasteiger partial charge in [0.25, 0.3) is 5.91 Å². The third-order valence-electron chi connectivity index (χ3n) is 5.89. The van der Waals surface area contributed by atoms with Gasteiger partial charge in [0.15, 0.2) is 5.78 Å². The van der Waals surface area contributed by atoms with E-state index in [1.807, 2.05) is 28.0 Å². The molecule has 0 bridgehead atoms. The largest absolute Gasteiger partial charge is 0.335 e. The van der Waals surface area contributed by atoms with Crippen molar-refractivity contribution >= 4 is 17.7 Å². The van der Waals surface area contributed by atoms with Crippen molar-refractivity contribution in [2.24, 2.45) is 0 Å². The molecule has 30 heavy (non-hydrogen) atoms. The summed E-state index contributed by atoms with van der Waals surface area (Å²) in [5, 5.41) is 0. The highest BCUT2D eigenvalue weighted by Gasteiger charge is 2.28. The number of piperidine rings is 1. The number of nitrogens with zero attached hydrogens (tertiary/aromatic N) is 3. The number of hydrogen-bond donors (Lipinski definition) is 0. The fraction of sp³-hybridized carbons (Fsp3) is 0.375. The number of ketones is 1. The monoisotopic (exact) mass is 405 g/mol. The maximum absolute atomic E-state index is 12.9. The van der Waals surface area contributed by atoms with Crippen LogP contribution in [0.25, 0.3) is 0 Å². The van der Waals surface area contributed by atoms with Crippen molar-refractivity contribution in [3.8, 4) is 0 Å². The Kier molecular flexibility index (Phi) is 6.12. The van der Waals surface area contributed by atoms with Crippen LogP contribution in [0.2, 0.25) is 0 Å². The Balaban J connectivity index is 1.34. The van der Waals surface area contributed by atoms with Gasteiger partial charge in [-0.15, -0.1) is 0 Å². The molecule has 0 N–H and O–H groups in total. The highest BCUT2D eigenvalue weighted by molar-refractivity contribution is 6.09. The van der Waals surface area contributed by atoms with Crippen molar-refractivity contribution in [2.45, 2.75) is 19.3 Å². The van der Waals surface area contributed by atoms with Crippen LogP contribution in [-0.4, -0.2) is 71.7 Å². The zero-order chi connectivity index (χ0) is 20.9. The van der Waals surface area contributed by atoms with Crippen LogP contribution in [0, 0.1) is 0 Å². The van der Waals surface area contributed by atoms with Crippen molar-refractivity contribution in [3.05, 3.63) is 71.3 Å². The Morgan fingerprint density at radius 3 is 1.67 bits per heavy atom. The van der Waals surface area contributed by atoms with E-state index >= 15 is 0 Å². The third kappa shape index (κ3) is 4.37. The first-order valence-electron chi connectivity index (χ1n) is 10.7. The molecule has 4 rings (SSSR count). The average molecular weight is 405 g/mol. The van der Waals surface area contributed by atoms with Crippen molar-refractivity contribution < 1.29 is 14.4 Å². The molecule has 6 nitrogen and oxygen atoms in total. The van der Waals surface area contributed by atoms with E-state index in [4.69, 9.17) is 0 Å². The molecule has 2 aromatic rings. The molecular formula is C24H27N3O3. The first-order valence-corrected chi connectivity index (χ1v) is 10.7. The summed E-state index contributed by atoms with van der Waals surface area (Å²) in [5.74, 6) is -0.113. The van der Waals surface area contributed by atoms with Gasteiger partial charge in [-0.2, -0.15) is 0 Å². The van der Waals surface area contributed by atoms with Crippen LogP contribution in [0.1, 0.15) is 45.5 Å². The van der Waals surface area contributed by atoms with Crippen LogP contribution in [-0.2, 0) is 0 Å². The van der Waals surface area contributed by atoms with Gasteiger partial charge in [-0.3, -0.25) is 9.59 Å². The van der Waals surface area contributed by atoms with Gasteiger partial charge in [0.2, 0.25) is 0 Å². The number of carbonyl (C=O) groups is 3. The summed E-state index contributed by atoms with van der Waals surface area (Å²) in [7, 11) is 0. The van der Waals surface area contributed by atoms with Gasteiger partial charge in [0.1, 0.15) is 0 Å². The standard InChI is InChI=1S/C24H27N3O3/c28-22(19-7-3-1-4-8-19)20-9-11-21(12-10-20)23(29)25-15-17-27(18-16-25)24(30)26-13-5-2-6-14-26/h1,3-4,7-12H,2,5-6,13-18H2. The fourth-order valence-electron chi connectivity index (χ4n) is 4.09. The van der Waals surface area contributed by atoms with Gasteiger partial charge in [-0.05, 0) is 31.4 Å². The zero-order valence-electron chi connectivity index (χ0n) is 17.1. The number of urea groups is 1. The molecule has 0 aromatic heterocycles. The summed E-state index contributed by atoms with van der Waals surface area (Å²) in [6.45, 7) is 3.86. The highest BCUT2D eigenvalue weighted by Crippen LogP contribution is 2.16. The molecule has 2 heterocycles. The topological polar surface area (TPSA) is 60.9 Å². The van der Waals surface area contributed by atoms with E-state index in [0.29, 0.717) is 42.9 Å². The first-order chi connectivity index (χ1) is 14.6. The van der Waals surface area contributed by atoms with Crippen molar-refractivity contribution in [3.63, 3.8) is 0 Å². The van der Waals surface area contributed by atoms with Gasteiger partial charge in [0, 0.05) is 56.0 Å². The number of rotatable bonds is 3. The van der Waals surface area contributed by atoms with Gasteiger partial charge in [-0.25, -0.2) is 4.79 Å². The molecule has 156 valence electrons. The lowest BCUT2D eigenvalue weighted by atomic mass is 10.0. The normalized spacial score (nSPS) is 17.0. The molecule has 2 fully saturated rings. The number of likely N-dealkylation sites (tertiary alicyclic amines) is 1. The SMILES string of the molecule is O=C(c1ccccc1)c1ccc(C(=O)N2CCN(C(=O)N3CCCCC3)CC2)cc1. The van der Waals surface area contributed by atoms with E-state index in [1.165, 1.54) is 6.42 Å². The van der Waals surface area contributed by atoms with E-state index in [9.17, 15) is 14.4 Å². The van der Waals surface area contributed by atoms with Gasteiger partial charge in [-0.1, -0.05) is 42.5 Å². The molecule has 2 aliphatic rings. The van der Waals surface area contributed by atoms with Crippen molar-refractivity contribution in [1.82, 2.24) is 14.7 Å². The van der Waals surface area contributed by atoms with Crippen LogP contribution >= 0.6 is 0 Å². The van der Waals surface area contributed by atoms with Crippen LogP contribution in [0.3, 0.4) is 0 Å². The second kappa shape index (κ2) is 9.11. The Labute approximate surface area is 177 Å². The van der Waals surface area contributed by atoms with Crippen LogP contribution < -0.4 is 0 Å². The minimum absolute atomic E-state index is 0.0561. The minimum Gasteiger partial charge on any atom is -0.335 e. The maximum Gasteiger partial charge on any atom is 0.320 e. The minimum atomic E-state index is -0.0567. The maximum atomic E-state index is 12.9.